The maximum atomic E-state index is 9.16. The molecule has 0 unspecified atom stereocenters. The van der Waals surface area contributed by atoms with E-state index in [-0.39, 0.29) is 6.79 Å². The van der Waals surface area contributed by atoms with Crippen LogP contribution in [0.3, 0.4) is 0 Å². The first-order valence-corrected chi connectivity index (χ1v) is 10.5. The van der Waals surface area contributed by atoms with Gasteiger partial charge in [-0.05, 0) is 40.2 Å². The lowest BCUT2D eigenvalue weighted by molar-refractivity contribution is 0.174. The maximum Gasteiger partial charge on any atom is 0.231 e. The minimum atomic E-state index is 0.224. The van der Waals surface area contributed by atoms with Gasteiger partial charge in [-0.3, -0.25) is 0 Å². The number of benzene rings is 1. The number of ether oxygens (including phenoxy) is 2. The molecule has 1 aliphatic heterocycles. The molecule has 3 heterocycles. The summed E-state index contributed by atoms with van der Waals surface area (Å²) in [6.07, 6.45) is 8.29. The first-order chi connectivity index (χ1) is 14.2. The van der Waals surface area contributed by atoms with Crippen molar-refractivity contribution in [3.8, 4) is 39.5 Å². The van der Waals surface area contributed by atoms with Crippen molar-refractivity contribution in [3.05, 3.63) is 63.9 Å². The second-order valence-electron chi connectivity index (χ2n) is 6.38. The Bertz CT molecular complexity index is 1250. The van der Waals surface area contributed by atoms with E-state index in [9.17, 15) is 0 Å². The summed E-state index contributed by atoms with van der Waals surface area (Å²) in [6, 6.07) is 7.99. The van der Waals surface area contributed by atoms with Crippen LogP contribution in [0.15, 0.2) is 58.1 Å². The molecule has 142 valence electrons. The van der Waals surface area contributed by atoms with Crippen LogP contribution in [0.4, 0.5) is 0 Å². The minimum absolute atomic E-state index is 0.224. The Kier molecular flexibility index (Phi) is 4.54. The van der Waals surface area contributed by atoms with Crippen LogP contribution in [-0.4, -0.2) is 21.7 Å². The molecule has 2 aromatic heterocycles. The van der Waals surface area contributed by atoms with Crippen LogP contribution in [-0.2, 0) is 0 Å². The summed E-state index contributed by atoms with van der Waals surface area (Å²) < 4.78 is 11.7. The molecule has 0 radical (unpaired) electrons. The molecule has 1 aromatic carbocycles. The van der Waals surface area contributed by atoms with Crippen molar-refractivity contribution < 1.29 is 9.47 Å². The molecule has 0 atom stereocenters. The Morgan fingerprint density at radius 1 is 1.17 bits per heavy atom. The van der Waals surface area contributed by atoms with Crippen molar-refractivity contribution in [2.75, 3.05) is 6.79 Å². The van der Waals surface area contributed by atoms with E-state index in [2.05, 4.69) is 32.0 Å². The topological polar surface area (TPSA) is 83.8 Å². The number of hydrogen-bond acceptors (Lipinski definition) is 6. The van der Waals surface area contributed by atoms with E-state index in [1.54, 1.807) is 0 Å². The third kappa shape index (κ3) is 3.39. The largest absolute Gasteiger partial charge is 0.454 e. The first-order valence-electron chi connectivity index (χ1n) is 8.80. The fourth-order valence-electron chi connectivity index (χ4n) is 3.15. The normalized spacial score (nSPS) is 14.9. The lowest BCUT2D eigenvalue weighted by Crippen LogP contribution is -1.92. The Morgan fingerprint density at radius 3 is 2.90 bits per heavy atom. The van der Waals surface area contributed by atoms with Crippen molar-refractivity contribution in [3.63, 3.8) is 0 Å². The van der Waals surface area contributed by atoms with Gasteiger partial charge >= 0.3 is 0 Å². The van der Waals surface area contributed by atoms with Gasteiger partial charge in [0.15, 0.2) is 11.5 Å². The van der Waals surface area contributed by atoms with E-state index in [0.29, 0.717) is 23.6 Å². The second-order valence-corrected chi connectivity index (χ2v) is 8.06. The smallest absolute Gasteiger partial charge is 0.231 e. The third-order valence-electron chi connectivity index (χ3n) is 4.56. The molecule has 0 amide bonds. The molecule has 0 saturated carbocycles. The van der Waals surface area contributed by atoms with Gasteiger partial charge in [0.05, 0.1) is 11.8 Å². The molecule has 29 heavy (non-hydrogen) atoms. The van der Waals surface area contributed by atoms with Crippen molar-refractivity contribution >= 4 is 32.8 Å². The molecule has 3 aromatic rings. The van der Waals surface area contributed by atoms with Gasteiger partial charge in [0.1, 0.15) is 21.1 Å². The first kappa shape index (κ1) is 17.9. The molecule has 0 saturated heterocycles. The van der Waals surface area contributed by atoms with Crippen LogP contribution in [0.5, 0.6) is 11.5 Å². The molecule has 0 bridgehead atoms. The number of nitrogens with one attached hydrogen (secondary N) is 1. The monoisotopic (exact) mass is 464 g/mol. The molecule has 5 rings (SSSR count). The number of hydrogen-bond donors (Lipinski definition) is 1. The Hall–Kier alpha value is -3.15. The highest BCUT2D eigenvalue weighted by atomic mass is 79.9. The van der Waals surface area contributed by atoms with Gasteiger partial charge in [0, 0.05) is 28.5 Å². The number of allylic oxidation sites excluding steroid dienone is 6. The van der Waals surface area contributed by atoms with Crippen molar-refractivity contribution in [1.29, 1.82) is 5.26 Å². The van der Waals surface area contributed by atoms with Crippen molar-refractivity contribution in [1.82, 2.24) is 15.0 Å². The third-order valence-corrected chi connectivity index (χ3v) is 6.13. The van der Waals surface area contributed by atoms with Gasteiger partial charge in [-0.1, -0.05) is 18.2 Å². The Labute approximate surface area is 179 Å². The highest BCUT2D eigenvalue weighted by molar-refractivity contribution is 9.10. The van der Waals surface area contributed by atoms with Gasteiger partial charge in [0.25, 0.3) is 0 Å². The summed E-state index contributed by atoms with van der Waals surface area (Å²) in [5.41, 5.74) is 4.13. The van der Waals surface area contributed by atoms with Gasteiger partial charge in [-0.15, -0.1) is 11.3 Å². The van der Waals surface area contributed by atoms with Crippen LogP contribution in [0.1, 0.15) is 12.2 Å². The number of nitrogens with zero attached hydrogens (tertiary/aromatic N) is 3. The maximum absolute atomic E-state index is 9.16. The van der Waals surface area contributed by atoms with Gasteiger partial charge in [0.2, 0.25) is 6.79 Å². The predicted octanol–water partition coefficient (Wildman–Crippen LogP) is 5.48. The summed E-state index contributed by atoms with van der Waals surface area (Å²) in [5.74, 6) is 2.14. The summed E-state index contributed by atoms with van der Waals surface area (Å²) in [5, 5.41) is 11.9. The fraction of sp³-hybridized carbons (Fsp3) is 0.0952. The zero-order valence-corrected chi connectivity index (χ0v) is 17.4. The lowest BCUT2D eigenvalue weighted by atomic mass is 10.1. The summed E-state index contributed by atoms with van der Waals surface area (Å²) in [6.45, 7) is 0.224. The van der Waals surface area contributed by atoms with Gasteiger partial charge < -0.3 is 14.5 Å². The number of imidazole rings is 1. The zero-order chi connectivity index (χ0) is 19.8. The van der Waals surface area contributed by atoms with Crippen molar-refractivity contribution in [2.24, 2.45) is 0 Å². The molecular weight excluding hydrogens is 452 g/mol. The van der Waals surface area contributed by atoms with Crippen molar-refractivity contribution in [2.45, 2.75) is 6.42 Å². The number of fused-ring (bicyclic) bond motifs is 1. The van der Waals surface area contributed by atoms with Crippen LogP contribution in [0, 0.1) is 11.3 Å². The number of H-pyrrole nitrogens is 1. The molecule has 0 fully saturated rings. The molecule has 0 spiro atoms. The van der Waals surface area contributed by atoms with E-state index in [0.717, 1.165) is 37.9 Å². The molecule has 6 nitrogen and oxygen atoms in total. The van der Waals surface area contributed by atoms with Gasteiger partial charge in [-0.25, -0.2) is 9.97 Å². The highest BCUT2D eigenvalue weighted by Gasteiger charge is 2.21. The Balaban J connectivity index is 1.65. The molecule has 8 heteroatoms. The molecule has 1 N–H and O–H groups in total. The van der Waals surface area contributed by atoms with E-state index in [1.807, 2.05) is 47.9 Å². The molecule has 2 aliphatic rings. The highest BCUT2D eigenvalue weighted by Crippen LogP contribution is 2.40. The van der Waals surface area contributed by atoms with Crippen LogP contribution in [0.2, 0.25) is 0 Å². The quantitative estimate of drug-likeness (QED) is 0.554. The van der Waals surface area contributed by atoms with Crippen LogP contribution >= 0.6 is 27.3 Å². The number of aromatic nitrogens is 3. The van der Waals surface area contributed by atoms with Gasteiger partial charge in [-0.2, -0.15) is 5.26 Å². The standard InChI is InChI=1S/C21H13BrN4O2S/c22-17-10-29-21(24-17)19-18(14-6-7-15-16(8-14)28-11-27-15)25-20(26-19)13-3-1-2-12(9-23)4-5-13/h1,3-8,10H,2,11H2,(H,25,26). The van der Waals surface area contributed by atoms with E-state index < -0.39 is 0 Å². The number of aromatic amines is 1. The fourth-order valence-corrected chi connectivity index (χ4v) is 4.41. The second kappa shape index (κ2) is 7.35. The zero-order valence-electron chi connectivity index (χ0n) is 15.0. The average Bonchev–Trinajstić information content (AvgIpc) is 3.43. The average molecular weight is 465 g/mol. The van der Waals surface area contributed by atoms with E-state index >= 15 is 0 Å². The summed E-state index contributed by atoms with van der Waals surface area (Å²) >= 11 is 4.95. The number of halogens is 1. The summed E-state index contributed by atoms with van der Waals surface area (Å²) in [4.78, 5) is 12.9. The van der Waals surface area contributed by atoms with Crippen LogP contribution in [0.25, 0.3) is 27.5 Å². The number of nitriles is 1. The minimum Gasteiger partial charge on any atom is -0.454 e. The number of thiazole rings is 1. The number of rotatable bonds is 3. The van der Waals surface area contributed by atoms with Crippen LogP contribution < -0.4 is 9.47 Å². The molecule has 1 aliphatic carbocycles. The summed E-state index contributed by atoms with van der Waals surface area (Å²) in [7, 11) is 0. The van der Waals surface area contributed by atoms with E-state index in [4.69, 9.17) is 19.7 Å². The lowest BCUT2D eigenvalue weighted by Gasteiger charge is -2.02. The SMILES string of the molecule is N#CC1=CC=C(c2nc(-c3ccc4c(c3)OCO4)c(-c3nc(Br)cs3)[nH]2)C=CC1. The predicted molar refractivity (Wildman–Crippen MR) is 114 cm³/mol. The Morgan fingerprint density at radius 2 is 2.07 bits per heavy atom. The van der Waals surface area contributed by atoms with E-state index in [1.165, 1.54) is 11.3 Å². The molecular formula is C21H13BrN4O2S.